The Morgan fingerprint density at radius 3 is 2.44 bits per heavy atom. The van der Waals surface area contributed by atoms with E-state index in [2.05, 4.69) is 10.3 Å². The smallest absolute Gasteiger partial charge is 0.153 e. The number of hydrogen-bond donors (Lipinski definition) is 1. The summed E-state index contributed by atoms with van der Waals surface area (Å²) in [5.74, 6) is 0. The zero-order valence-electron chi connectivity index (χ0n) is 5.44. The van der Waals surface area contributed by atoms with Gasteiger partial charge in [0, 0.05) is 6.20 Å². The standard InChI is InChI=1S/C5H9N3O/c1-5(2,9)8-4-3-6-7-8/h3-4,9H,1-2H3. The molecule has 0 fully saturated rings. The average molecular weight is 127 g/mol. The van der Waals surface area contributed by atoms with Gasteiger partial charge in [0.2, 0.25) is 0 Å². The molecule has 0 atom stereocenters. The Kier molecular flexibility index (Phi) is 1.25. The number of nitrogens with zero attached hydrogens (tertiary/aromatic N) is 3. The number of hydrogen-bond acceptors (Lipinski definition) is 3. The Morgan fingerprint density at radius 1 is 1.56 bits per heavy atom. The Hall–Kier alpha value is -0.900. The van der Waals surface area contributed by atoms with Crippen molar-refractivity contribution in [3.05, 3.63) is 12.4 Å². The molecule has 0 aliphatic rings. The third-order valence-corrected chi connectivity index (χ3v) is 0.983. The van der Waals surface area contributed by atoms with Gasteiger partial charge < -0.3 is 5.11 Å². The summed E-state index contributed by atoms with van der Waals surface area (Å²) >= 11 is 0. The van der Waals surface area contributed by atoms with Gasteiger partial charge in [0.15, 0.2) is 5.72 Å². The van der Waals surface area contributed by atoms with Crippen LogP contribution in [0.4, 0.5) is 0 Å². The molecule has 0 aromatic carbocycles. The van der Waals surface area contributed by atoms with Gasteiger partial charge in [-0.1, -0.05) is 5.21 Å². The highest BCUT2D eigenvalue weighted by molar-refractivity contribution is 4.70. The van der Waals surface area contributed by atoms with Gasteiger partial charge in [0.1, 0.15) is 0 Å². The van der Waals surface area contributed by atoms with Crippen LogP contribution in [0.1, 0.15) is 13.8 Å². The van der Waals surface area contributed by atoms with Crippen LogP contribution in [-0.4, -0.2) is 20.1 Å². The molecular formula is C5H9N3O. The van der Waals surface area contributed by atoms with Gasteiger partial charge in [0.25, 0.3) is 0 Å². The fourth-order valence-corrected chi connectivity index (χ4v) is 0.500. The summed E-state index contributed by atoms with van der Waals surface area (Å²) < 4.78 is 1.38. The molecule has 9 heavy (non-hydrogen) atoms. The first-order valence-corrected chi connectivity index (χ1v) is 2.70. The lowest BCUT2D eigenvalue weighted by atomic mass is 10.3. The summed E-state index contributed by atoms with van der Waals surface area (Å²) in [5.41, 5.74) is -0.934. The third-order valence-electron chi connectivity index (χ3n) is 0.983. The highest BCUT2D eigenvalue weighted by atomic mass is 16.3. The Balaban J connectivity index is 2.90. The molecule has 1 heterocycles. The molecule has 50 valence electrons. The summed E-state index contributed by atoms with van der Waals surface area (Å²) in [7, 11) is 0. The quantitative estimate of drug-likeness (QED) is 0.576. The topological polar surface area (TPSA) is 50.9 Å². The van der Waals surface area contributed by atoms with Crippen molar-refractivity contribution in [2.75, 3.05) is 0 Å². The van der Waals surface area contributed by atoms with E-state index in [-0.39, 0.29) is 0 Å². The fourth-order valence-electron chi connectivity index (χ4n) is 0.500. The van der Waals surface area contributed by atoms with E-state index in [1.807, 2.05) is 0 Å². The first kappa shape index (κ1) is 6.22. The second-order valence-corrected chi connectivity index (χ2v) is 2.34. The zero-order chi connectivity index (χ0) is 6.91. The van der Waals surface area contributed by atoms with Crippen LogP contribution in [0.5, 0.6) is 0 Å². The molecular weight excluding hydrogens is 118 g/mol. The van der Waals surface area contributed by atoms with Crippen LogP contribution in [-0.2, 0) is 5.72 Å². The largest absolute Gasteiger partial charge is 0.370 e. The van der Waals surface area contributed by atoms with Crippen molar-refractivity contribution in [2.24, 2.45) is 0 Å². The molecule has 0 aliphatic carbocycles. The van der Waals surface area contributed by atoms with E-state index < -0.39 is 5.72 Å². The van der Waals surface area contributed by atoms with Gasteiger partial charge in [-0.3, -0.25) is 0 Å². The summed E-state index contributed by atoms with van der Waals surface area (Å²) in [4.78, 5) is 0. The Labute approximate surface area is 53.1 Å². The Morgan fingerprint density at radius 2 is 2.22 bits per heavy atom. The summed E-state index contributed by atoms with van der Waals surface area (Å²) in [6.07, 6.45) is 3.14. The van der Waals surface area contributed by atoms with E-state index in [4.69, 9.17) is 0 Å². The second kappa shape index (κ2) is 1.80. The summed E-state index contributed by atoms with van der Waals surface area (Å²) in [5, 5.41) is 16.4. The van der Waals surface area contributed by atoms with Crippen LogP contribution in [0.25, 0.3) is 0 Å². The van der Waals surface area contributed by atoms with Gasteiger partial charge in [-0.15, -0.1) is 5.10 Å². The van der Waals surface area contributed by atoms with Gasteiger partial charge in [-0.05, 0) is 13.8 Å². The van der Waals surface area contributed by atoms with Crippen molar-refractivity contribution in [1.82, 2.24) is 15.0 Å². The molecule has 0 spiro atoms. The molecule has 1 aromatic rings. The number of rotatable bonds is 1. The minimum Gasteiger partial charge on any atom is -0.370 e. The SMILES string of the molecule is CC(C)(O)n1ccnn1. The molecule has 0 radical (unpaired) electrons. The highest BCUT2D eigenvalue weighted by Crippen LogP contribution is 2.05. The van der Waals surface area contributed by atoms with Crippen molar-refractivity contribution >= 4 is 0 Å². The molecule has 1 aromatic heterocycles. The molecule has 0 aliphatic heterocycles. The van der Waals surface area contributed by atoms with Gasteiger partial charge in [0.05, 0.1) is 6.20 Å². The van der Waals surface area contributed by atoms with E-state index >= 15 is 0 Å². The molecule has 0 amide bonds. The van der Waals surface area contributed by atoms with Gasteiger partial charge in [-0.25, -0.2) is 4.68 Å². The molecule has 1 N–H and O–H groups in total. The van der Waals surface area contributed by atoms with Crippen molar-refractivity contribution < 1.29 is 5.11 Å². The van der Waals surface area contributed by atoms with E-state index in [9.17, 15) is 5.11 Å². The molecule has 4 heteroatoms. The minimum absolute atomic E-state index is 0.934. The second-order valence-electron chi connectivity index (χ2n) is 2.34. The van der Waals surface area contributed by atoms with E-state index in [0.717, 1.165) is 0 Å². The maximum absolute atomic E-state index is 9.24. The predicted octanol–water partition coefficient (Wildman–Crippen LogP) is -0.0370. The summed E-state index contributed by atoms with van der Waals surface area (Å²) in [6, 6.07) is 0. The zero-order valence-corrected chi connectivity index (χ0v) is 5.44. The van der Waals surface area contributed by atoms with Crippen molar-refractivity contribution in [2.45, 2.75) is 19.6 Å². The molecule has 4 nitrogen and oxygen atoms in total. The van der Waals surface area contributed by atoms with Crippen molar-refractivity contribution in [1.29, 1.82) is 0 Å². The van der Waals surface area contributed by atoms with Gasteiger partial charge >= 0.3 is 0 Å². The maximum atomic E-state index is 9.24. The lowest BCUT2D eigenvalue weighted by molar-refractivity contribution is -0.0120. The highest BCUT2D eigenvalue weighted by Gasteiger charge is 2.14. The van der Waals surface area contributed by atoms with Crippen LogP contribution < -0.4 is 0 Å². The van der Waals surface area contributed by atoms with Crippen molar-refractivity contribution in [3.8, 4) is 0 Å². The average Bonchev–Trinajstić information content (AvgIpc) is 2.08. The minimum atomic E-state index is -0.934. The van der Waals surface area contributed by atoms with Gasteiger partial charge in [-0.2, -0.15) is 0 Å². The predicted molar refractivity (Wildman–Crippen MR) is 31.6 cm³/mol. The normalized spacial score (nSPS) is 11.9. The lowest BCUT2D eigenvalue weighted by Crippen LogP contribution is -2.25. The monoisotopic (exact) mass is 127 g/mol. The molecule has 0 saturated carbocycles. The lowest BCUT2D eigenvalue weighted by Gasteiger charge is -2.15. The molecule has 1 rings (SSSR count). The van der Waals surface area contributed by atoms with Crippen LogP contribution >= 0.6 is 0 Å². The third kappa shape index (κ3) is 1.26. The molecule has 0 unspecified atom stereocenters. The van der Waals surface area contributed by atoms with Crippen LogP contribution in [0, 0.1) is 0 Å². The maximum Gasteiger partial charge on any atom is 0.153 e. The molecule has 0 bridgehead atoms. The molecule has 0 saturated heterocycles. The number of aliphatic hydroxyl groups is 1. The van der Waals surface area contributed by atoms with E-state index in [0.29, 0.717) is 0 Å². The van der Waals surface area contributed by atoms with Crippen LogP contribution in [0.3, 0.4) is 0 Å². The van der Waals surface area contributed by atoms with Crippen LogP contribution in [0.2, 0.25) is 0 Å². The first-order chi connectivity index (χ1) is 4.11. The fraction of sp³-hybridized carbons (Fsp3) is 0.600. The van der Waals surface area contributed by atoms with Crippen molar-refractivity contribution in [3.63, 3.8) is 0 Å². The van der Waals surface area contributed by atoms with E-state index in [1.165, 1.54) is 10.9 Å². The first-order valence-electron chi connectivity index (χ1n) is 2.70. The summed E-state index contributed by atoms with van der Waals surface area (Å²) in [6.45, 7) is 3.28. The van der Waals surface area contributed by atoms with E-state index in [1.54, 1.807) is 20.0 Å². The van der Waals surface area contributed by atoms with Crippen LogP contribution in [0.15, 0.2) is 12.4 Å². The Bertz CT molecular complexity index is 175. The number of aromatic nitrogens is 3.